The smallest absolute Gasteiger partial charge is 0.0628 e. The molecule has 0 radical (unpaired) electrons. The van der Waals surface area contributed by atoms with E-state index in [4.69, 9.17) is 0 Å². The van der Waals surface area contributed by atoms with Crippen LogP contribution in [0.25, 0.3) is 0 Å². The molecule has 0 heterocycles. The second-order valence-corrected chi connectivity index (χ2v) is 5.53. The maximum atomic E-state index is 9.33. The molecule has 0 aliphatic carbocycles. The number of hydrogen-bond acceptors (Lipinski definition) is 2. The number of aliphatic hydroxyl groups is 1. The molecule has 0 bridgehead atoms. The molecule has 1 nitrogen and oxygen atoms in total. The van der Waals surface area contributed by atoms with Crippen LogP contribution in [-0.2, 0) is 0 Å². The van der Waals surface area contributed by atoms with E-state index in [9.17, 15) is 5.11 Å². The van der Waals surface area contributed by atoms with Gasteiger partial charge < -0.3 is 5.11 Å². The maximum absolute atomic E-state index is 9.33. The molecular formula is C15H32OS. The Kier molecular flexibility index (Phi) is 14.6. The van der Waals surface area contributed by atoms with Crippen LogP contribution in [0.2, 0.25) is 0 Å². The third-order valence-electron chi connectivity index (χ3n) is 3.35. The molecule has 104 valence electrons. The van der Waals surface area contributed by atoms with E-state index in [2.05, 4.69) is 19.6 Å². The highest BCUT2D eigenvalue weighted by Crippen LogP contribution is 2.12. The minimum Gasteiger partial charge on any atom is -0.392 e. The Hall–Kier alpha value is 0.310. The van der Waals surface area contributed by atoms with Crippen LogP contribution in [0.4, 0.5) is 0 Å². The summed E-state index contributed by atoms with van der Waals surface area (Å²) >= 11 is 4.07. The van der Waals surface area contributed by atoms with Gasteiger partial charge in [0.25, 0.3) is 0 Å². The third kappa shape index (κ3) is 14.2. The van der Waals surface area contributed by atoms with E-state index in [0.29, 0.717) is 5.75 Å². The zero-order valence-electron chi connectivity index (χ0n) is 11.7. The summed E-state index contributed by atoms with van der Waals surface area (Å²) in [4.78, 5) is 0. The van der Waals surface area contributed by atoms with E-state index in [1.807, 2.05) is 0 Å². The van der Waals surface area contributed by atoms with Crippen LogP contribution in [-0.4, -0.2) is 17.0 Å². The molecule has 0 aromatic rings. The highest BCUT2D eigenvalue weighted by molar-refractivity contribution is 7.80. The molecule has 17 heavy (non-hydrogen) atoms. The van der Waals surface area contributed by atoms with Gasteiger partial charge in [0.1, 0.15) is 0 Å². The minimum atomic E-state index is -0.183. The lowest BCUT2D eigenvalue weighted by atomic mass is 10.0. The van der Waals surface area contributed by atoms with Crippen molar-refractivity contribution >= 4 is 12.6 Å². The number of hydrogen-bond donors (Lipinski definition) is 2. The van der Waals surface area contributed by atoms with Gasteiger partial charge in [0.15, 0.2) is 0 Å². The summed E-state index contributed by atoms with van der Waals surface area (Å²) in [5, 5.41) is 9.33. The van der Waals surface area contributed by atoms with E-state index in [1.165, 1.54) is 64.2 Å². The summed E-state index contributed by atoms with van der Waals surface area (Å²) in [5.41, 5.74) is 0. The molecule has 0 fully saturated rings. The van der Waals surface area contributed by atoms with Gasteiger partial charge >= 0.3 is 0 Å². The third-order valence-corrected chi connectivity index (χ3v) is 3.77. The van der Waals surface area contributed by atoms with E-state index in [-0.39, 0.29) is 6.10 Å². The van der Waals surface area contributed by atoms with Crippen molar-refractivity contribution in [1.82, 2.24) is 0 Å². The average Bonchev–Trinajstić information content (AvgIpc) is 2.35. The number of rotatable bonds is 13. The summed E-state index contributed by atoms with van der Waals surface area (Å²) in [6, 6.07) is 0. The topological polar surface area (TPSA) is 20.2 Å². The Morgan fingerprint density at radius 1 is 0.765 bits per heavy atom. The van der Waals surface area contributed by atoms with Gasteiger partial charge in [0.05, 0.1) is 6.10 Å². The molecule has 0 aromatic carbocycles. The first-order chi connectivity index (χ1) is 8.31. The maximum Gasteiger partial charge on any atom is 0.0628 e. The Bertz CT molecular complexity index is 139. The van der Waals surface area contributed by atoms with Crippen molar-refractivity contribution in [3.63, 3.8) is 0 Å². The Labute approximate surface area is 114 Å². The molecule has 0 aliphatic rings. The van der Waals surface area contributed by atoms with E-state index in [0.717, 1.165) is 12.8 Å². The quantitative estimate of drug-likeness (QED) is 0.353. The summed E-state index contributed by atoms with van der Waals surface area (Å²) in [5.74, 6) is 0.609. The van der Waals surface area contributed by atoms with Gasteiger partial charge in [-0.2, -0.15) is 12.6 Å². The molecule has 0 aromatic heterocycles. The molecule has 0 amide bonds. The van der Waals surface area contributed by atoms with Crippen LogP contribution in [0.1, 0.15) is 84.0 Å². The average molecular weight is 260 g/mol. The van der Waals surface area contributed by atoms with Crippen molar-refractivity contribution in [2.45, 2.75) is 90.1 Å². The monoisotopic (exact) mass is 260 g/mol. The zero-order chi connectivity index (χ0) is 12.8. The highest BCUT2D eigenvalue weighted by Gasteiger charge is 1.99. The predicted octanol–water partition coefficient (Wildman–Crippen LogP) is 4.98. The molecule has 0 saturated carbocycles. The summed E-state index contributed by atoms with van der Waals surface area (Å²) in [6.07, 6.45) is 15.8. The van der Waals surface area contributed by atoms with Crippen molar-refractivity contribution in [1.29, 1.82) is 0 Å². The van der Waals surface area contributed by atoms with Crippen molar-refractivity contribution in [3.05, 3.63) is 0 Å². The largest absolute Gasteiger partial charge is 0.392 e. The fraction of sp³-hybridized carbons (Fsp3) is 1.00. The summed E-state index contributed by atoms with van der Waals surface area (Å²) in [6.45, 7) is 2.27. The van der Waals surface area contributed by atoms with Gasteiger partial charge in [-0.3, -0.25) is 0 Å². The molecular weight excluding hydrogens is 228 g/mol. The van der Waals surface area contributed by atoms with Gasteiger partial charge in [0, 0.05) is 5.75 Å². The van der Waals surface area contributed by atoms with Gasteiger partial charge in [-0.25, -0.2) is 0 Å². The van der Waals surface area contributed by atoms with Gasteiger partial charge in [-0.1, -0.05) is 77.6 Å². The first-order valence-corrected chi connectivity index (χ1v) is 8.23. The van der Waals surface area contributed by atoms with E-state index in [1.54, 1.807) is 0 Å². The fourth-order valence-electron chi connectivity index (χ4n) is 2.14. The van der Waals surface area contributed by atoms with Crippen LogP contribution in [0.5, 0.6) is 0 Å². The van der Waals surface area contributed by atoms with Crippen molar-refractivity contribution in [2.75, 3.05) is 5.75 Å². The van der Waals surface area contributed by atoms with E-state index >= 15 is 0 Å². The first-order valence-electron chi connectivity index (χ1n) is 7.60. The molecule has 2 heteroatoms. The molecule has 0 spiro atoms. The molecule has 1 unspecified atom stereocenters. The van der Waals surface area contributed by atoms with Crippen LogP contribution in [0.3, 0.4) is 0 Å². The van der Waals surface area contributed by atoms with Gasteiger partial charge in [-0.15, -0.1) is 0 Å². The van der Waals surface area contributed by atoms with Gasteiger partial charge in [-0.05, 0) is 6.42 Å². The van der Waals surface area contributed by atoms with Crippen LogP contribution < -0.4 is 0 Å². The molecule has 1 atom stereocenters. The first kappa shape index (κ1) is 17.3. The standard InChI is InChI=1S/C15H32OS/c1-2-3-4-5-6-7-8-9-10-11-12-13-15(16)14-17/h15-17H,2-14H2,1H3. The van der Waals surface area contributed by atoms with Crippen molar-refractivity contribution in [2.24, 2.45) is 0 Å². The lowest BCUT2D eigenvalue weighted by molar-refractivity contribution is 0.185. The fourth-order valence-corrected chi connectivity index (χ4v) is 2.32. The Morgan fingerprint density at radius 2 is 1.18 bits per heavy atom. The molecule has 1 N–H and O–H groups in total. The zero-order valence-corrected chi connectivity index (χ0v) is 12.6. The van der Waals surface area contributed by atoms with Crippen molar-refractivity contribution < 1.29 is 5.11 Å². The summed E-state index contributed by atoms with van der Waals surface area (Å²) in [7, 11) is 0. The Morgan fingerprint density at radius 3 is 1.59 bits per heavy atom. The lowest BCUT2D eigenvalue weighted by Gasteiger charge is -2.06. The normalized spacial score (nSPS) is 12.9. The second-order valence-electron chi connectivity index (χ2n) is 5.16. The van der Waals surface area contributed by atoms with Crippen LogP contribution in [0, 0.1) is 0 Å². The summed E-state index contributed by atoms with van der Waals surface area (Å²) < 4.78 is 0. The number of aliphatic hydroxyl groups excluding tert-OH is 1. The molecule has 0 saturated heterocycles. The highest BCUT2D eigenvalue weighted by atomic mass is 32.1. The van der Waals surface area contributed by atoms with Gasteiger partial charge in [0.2, 0.25) is 0 Å². The lowest BCUT2D eigenvalue weighted by Crippen LogP contribution is -2.07. The predicted molar refractivity (Wildman–Crippen MR) is 80.9 cm³/mol. The Balaban J connectivity index is 2.94. The van der Waals surface area contributed by atoms with Crippen LogP contribution in [0.15, 0.2) is 0 Å². The number of unbranched alkanes of at least 4 members (excludes halogenated alkanes) is 10. The molecule has 0 aliphatic heterocycles. The number of thiol groups is 1. The molecule has 0 rings (SSSR count). The second kappa shape index (κ2) is 14.4. The van der Waals surface area contributed by atoms with Crippen molar-refractivity contribution in [3.8, 4) is 0 Å². The SMILES string of the molecule is CCCCCCCCCCCCCC(O)CS. The minimum absolute atomic E-state index is 0.183. The van der Waals surface area contributed by atoms with E-state index < -0.39 is 0 Å². The van der Waals surface area contributed by atoms with Crippen LogP contribution >= 0.6 is 12.6 Å².